The lowest BCUT2D eigenvalue weighted by atomic mass is 9.44. The van der Waals surface area contributed by atoms with E-state index in [2.05, 4.69) is 20.1 Å². The van der Waals surface area contributed by atoms with Crippen molar-refractivity contribution in [1.82, 2.24) is 4.31 Å². The minimum atomic E-state index is 0.207. The lowest BCUT2D eigenvalue weighted by molar-refractivity contribution is -0.1000. The summed E-state index contributed by atoms with van der Waals surface area (Å²) in [6.45, 7) is 25.8. The van der Waals surface area contributed by atoms with E-state index in [0.29, 0.717) is 11.0 Å². The van der Waals surface area contributed by atoms with E-state index in [-0.39, 0.29) is 5.54 Å². The molecule has 0 aromatic rings. The fourth-order valence-corrected chi connectivity index (χ4v) is 8.50. The van der Waals surface area contributed by atoms with Gasteiger partial charge in [-0.2, -0.15) is 5.26 Å². The minimum Gasteiger partial charge on any atom is -0.325 e. The Bertz CT molecular complexity index is 741. The molecule has 0 saturated heterocycles. The van der Waals surface area contributed by atoms with Gasteiger partial charge in [-0.25, -0.2) is 0 Å². The molecule has 0 heterocycles. The van der Waals surface area contributed by atoms with E-state index in [1.807, 2.05) is 78.9 Å². The molecule has 4 heteroatoms. The first-order valence-corrected chi connectivity index (χ1v) is 18.3. The Hall–Kier alpha value is -1.18. The van der Waals surface area contributed by atoms with E-state index >= 15 is 0 Å². The van der Waals surface area contributed by atoms with Gasteiger partial charge in [0.1, 0.15) is 6.07 Å². The van der Waals surface area contributed by atoms with E-state index < -0.39 is 0 Å². The van der Waals surface area contributed by atoms with Gasteiger partial charge in [0.25, 0.3) is 0 Å². The standard InChI is InChI=1S/C20H35N.C9H12N2S.4C2H6/c1-19-13-6-2-3-8-16(19)12-14-20(21)17-9-5-4-7-15(17)10-11-18(19)20;1-4-6-12-11(3)8-9(5-2)7-10;4*1-2/h15-18H,2-14,21H2,1H3;4-5,8H,1-2,6H2,3H3;4*1-2H3/b;9-8-;;;;. The van der Waals surface area contributed by atoms with Crippen LogP contribution >= 0.6 is 11.9 Å². The summed E-state index contributed by atoms with van der Waals surface area (Å²) < 4.78 is 1.86. The van der Waals surface area contributed by atoms with Crippen LogP contribution in [0.1, 0.15) is 146 Å². The maximum absolute atomic E-state index is 8.55. The molecule has 6 unspecified atom stereocenters. The number of nitrogens with two attached hydrogens (primary N) is 1. The molecule has 0 aliphatic heterocycles. The molecule has 6 atom stereocenters. The molecule has 3 nitrogen and oxygen atoms in total. The van der Waals surface area contributed by atoms with Crippen molar-refractivity contribution in [3.05, 3.63) is 37.1 Å². The average Bonchev–Trinajstić information content (AvgIpc) is 3.24. The van der Waals surface area contributed by atoms with Gasteiger partial charge in [-0.3, -0.25) is 0 Å². The molecular formula is C37H71N3S. The molecule has 0 aromatic carbocycles. The van der Waals surface area contributed by atoms with Crippen LogP contribution in [0.4, 0.5) is 0 Å². The second-order valence-electron chi connectivity index (χ2n) is 11.3. The number of allylic oxidation sites excluding steroid dienone is 2. The number of hydrogen-bond acceptors (Lipinski definition) is 4. The first kappa shape index (κ1) is 42.0. The Kier molecular flexibility index (Phi) is 24.8. The van der Waals surface area contributed by atoms with Crippen LogP contribution in [0.3, 0.4) is 0 Å². The topological polar surface area (TPSA) is 53.0 Å². The van der Waals surface area contributed by atoms with Gasteiger partial charge in [0, 0.05) is 24.5 Å². The fourth-order valence-electron chi connectivity index (χ4n) is 7.97. The number of fused-ring (bicyclic) bond motifs is 5. The Morgan fingerprint density at radius 1 is 0.878 bits per heavy atom. The van der Waals surface area contributed by atoms with Gasteiger partial charge in [0.05, 0.1) is 5.57 Å². The molecule has 4 rings (SSSR count). The number of nitriles is 1. The molecule has 4 aliphatic carbocycles. The maximum Gasteiger partial charge on any atom is 0.101 e. The molecule has 0 bridgehead atoms. The number of hydrogen-bond donors (Lipinski definition) is 1. The minimum absolute atomic E-state index is 0.207. The summed E-state index contributed by atoms with van der Waals surface area (Å²) in [6.07, 6.45) is 24.1. The van der Waals surface area contributed by atoms with E-state index in [1.165, 1.54) is 89.5 Å². The van der Waals surface area contributed by atoms with Crippen molar-refractivity contribution >= 4 is 11.9 Å². The van der Waals surface area contributed by atoms with Gasteiger partial charge in [0.15, 0.2) is 0 Å². The highest BCUT2D eigenvalue weighted by Crippen LogP contribution is 2.62. The van der Waals surface area contributed by atoms with Crippen molar-refractivity contribution in [2.24, 2.45) is 34.8 Å². The predicted molar refractivity (Wildman–Crippen MR) is 189 cm³/mol. The average molecular weight is 590 g/mol. The summed E-state index contributed by atoms with van der Waals surface area (Å²) in [5.74, 6) is 4.50. The molecule has 0 amide bonds. The molecule has 0 radical (unpaired) electrons. The van der Waals surface area contributed by atoms with Gasteiger partial charge in [-0.05, 0) is 86.0 Å². The summed E-state index contributed by atoms with van der Waals surface area (Å²) in [4.78, 5) is 0. The predicted octanol–water partition coefficient (Wildman–Crippen LogP) is 11.7. The van der Waals surface area contributed by atoms with Gasteiger partial charge < -0.3 is 10.0 Å². The smallest absolute Gasteiger partial charge is 0.101 e. The lowest BCUT2D eigenvalue weighted by Gasteiger charge is -2.63. The molecule has 41 heavy (non-hydrogen) atoms. The molecule has 4 saturated carbocycles. The Labute approximate surface area is 263 Å². The third-order valence-electron chi connectivity index (χ3n) is 9.56. The second kappa shape index (κ2) is 24.3. The van der Waals surface area contributed by atoms with E-state index in [4.69, 9.17) is 11.0 Å². The third-order valence-corrected chi connectivity index (χ3v) is 10.5. The second-order valence-corrected chi connectivity index (χ2v) is 12.4. The van der Waals surface area contributed by atoms with E-state index in [0.717, 1.165) is 29.4 Å². The van der Waals surface area contributed by atoms with Crippen LogP contribution in [0.2, 0.25) is 0 Å². The number of rotatable bonds is 5. The van der Waals surface area contributed by atoms with Crippen molar-refractivity contribution in [2.75, 3.05) is 12.8 Å². The molecule has 0 spiro atoms. The van der Waals surface area contributed by atoms with Crippen molar-refractivity contribution in [2.45, 2.75) is 151 Å². The lowest BCUT2D eigenvalue weighted by Crippen LogP contribution is -2.66. The monoisotopic (exact) mass is 590 g/mol. The number of nitrogens with zero attached hydrogens (tertiary/aromatic N) is 2. The zero-order valence-electron chi connectivity index (χ0n) is 29.2. The summed E-state index contributed by atoms with van der Waals surface area (Å²) >= 11 is 1.58. The quantitative estimate of drug-likeness (QED) is 0.150. The van der Waals surface area contributed by atoms with Crippen LogP contribution in [0.15, 0.2) is 37.1 Å². The Morgan fingerprint density at radius 2 is 1.49 bits per heavy atom. The summed E-state index contributed by atoms with van der Waals surface area (Å²) in [5, 5.41) is 8.55. The van der Waals surface area contributed by atoms with Crippen LogP contribution in [-0.2, 0) is 0 Å². The zero-order valence-corrected chi connectivity index (χ0v) is 30.1. The first-order valence-electron chi connectivity index (χ1n) is 17.4. The SMILES string of the molecule is C=CCSN(C)/C=C(\C#N)C=C.CC.CC.CC.CC.CC12CCCCCC1CCC1(N)C3CCCCC3CCC21. The maximum atomic E-state index is 8.55. The normalized spacial score (nSPS) is 31.2. The van der Waals surface area contributed by atoms with Gasteiger partial charge in [-0.1, -0.05) is 120 Å². The van der Waals surface area contributed by atoms with Gasteiger partial charge >= 0.3 is 0 Å². The molecule has 0 aromatic heterocycles. The van der Waals surface area contributed by atoms with Crippen LogP contribution in [0.5, 0.6) is 0 Å². The van der Waals surface area contributed by atoms with Crippen molar-refractivity contribution in [1.29, 1.82) is 5.26 Å². The van der Waals surface area contributed by atoms with Crippen molar-refractivity contribution in [3.63, 3.8) is 0 Å². The highest BCUT2D eigenvalue weighted by atomic mass is 32.2. The Balaban J connectivity index is 0. The fraction of sp³-hybridized carbons (Fsp3) is 0.811. The Morgan fingerprint density at radius 3 is 2.07 bits per heavy atom. The highest BCUT2D eigenvalue weighted by Gasteiger charge is 2.59. The largest absolute Gasteiger partial charge is 0.325 e. The van der Waals surface area contributed by atoms with Crippen molar-refractivity contribution < 1.29 is 0 Å². The van der Waals surface area contributed by atoms with E-state index in [9.17, 15) is 0 Å². The van der Waals surface area contributed by atoms with E-state index in [1.54, 1.807) is 18.1 Å². The third kappa shape index (κ3) is 12.1. The summed E-state index contributed by atoms with van der Waals surface area (Å²) in [7, 11) is 1.88. The molecular weight excluding hydrogens is 518 g/mol. The van der Waals surface area contributed by atoms with Crippen LogP contribution in [0.25, 0.3) is 0 Å². The van der Waals surface area contributed by atoms with Crippen LogP contribution in [0, 0.1) is 40.4 Å². The summed E-state index contributed by atoms with van der Waals surface area (Å²) in [6, 6.07) is 2.02. The van der Waals surface area contributed by atoms with Gasteiger partial charge in [-0.15, -0.1) is 6.58 Å². The summed E-state index contributed by atoms with van der Waals surface area (Å²) in [5.41, 5.74) is 8.61. The first-order chi connectivity index (χ1) is 19.9. The molecule has 4 aliphatic rings. The molecule has 240 valence electrons. The highest BCUT2D eigenvalue weighted by molar-refractivity contribution is 7.97. The zero-order chi connectivity index (χ0) is 31.9. The van der Waals surface area contributed by atoms with Gasteiger partial charge in [0.2, 0.25) is 0 Å². The van der Waals surface area contributed by atoms with Crippen molar-refractivity contribution in [3.8, 4) is 6.07 Å². The molecule has 2 N–H and O–H groups in total. The van der Waals surface area contributed by atoms with Crippen LogP contribution < -0.4 is 5.73 Å². The van der Waals surface area contributed by atoms with Crippen LogP contribution in [-0.4, -0.2) is 22.6 Å². The molecule has 4 fully saturated rings.